The lowest BCUT2D eigenvalue weighted by atomic mass is 9.75. The molecule has 2 atom stereocenters. The minimum atomic E-state index is -0.404. The molecule has 1 aliphatic carbocycles. The van der Waals surface area contributed by atoms with Gasteiger partial charge in [-0.05, 0) is 56.7 Å². The Morgan fingerprint density at radius 1 is 1.30 bits per heavy atom. The highest BCUT2D eigenvalue weighted by atomic mass is 19.1. The number of halogens is 1. The first-order chi connectivity index (χ1) is 14.4. The maximum atomic E-state index is 13.7. The number of rotatable bonds is 6. The van der Waals surface area contributed by atoms with Crippen LogP contribution in [-0.4, -0.2) is 51.4 Å². The van der Waals surface area contributed by atoms with Gasteiger partial charge in [0.05, 0.1) is 17.4 Å². The number of nitrogens with zero attached hydrogens (tertiary/aromatic N) is 4. The normalized spacial score (nSPS) is 27.1. The van der Waals surface area contributed by atoms with Crippen molar-refractivity contribution < 1.29 is 9.18 Å². The number of hydrogen-bond donors (Lipinski definition) is 0. The predicted octanol–water partition coefficient (Wildman–Crippen LogP) is 3.83. The summed E-state index contributed by atoms with van der Waals surface area (Å²) >= 11 is 0. The average Bonchev–Trinajstić information content (AvgIpc) is 3.13. The van der Waals surface area contributed by atoms with Crippen LogP contribution in [0.1, 0.15) is 56.3 Å². The lowest BCUT2D eigenvalue weighted by molar-refractivity contribution is -0.136. The summed E-state index contributed by atoms with van der Waals surface area (Å²) in [5.74, 6) is 0.886. The number of carbonyl (C=O) groups excluding carboxylic acids is 1. The standard InChI is InChI=1S/C24H31FN4O/c1-17(2)29-14-22(26-16-29)21-13-27(11-19-4-3-5-20(25)10-19)15-24(21)8-9-28(23(24)30)12-18-6-7-18/h3-5,10,14,16-18,21H,6-9,11-13,15H2,1-2H3. The molecule has 3 aliphatic rings. The summed E-state index contributed by atoms with van der Waals surface area (Å²) in [6.45, 7) is 8.23. The molecule has 1 aromatic heterocycles. The largest absolute Gasteiger partial charge is 0.342 e. The zero-order valence-corrected chi connectivity index (χ0v) is 17.9. The summed E-state index contributed by atoms with van der Waals surface area (Å²) < 4.78 is 15.8. The highest BCUT2D eigenvalue weighted by Gasteiger charge is 2.58. The van der Waals surface area contributed by atoms with Crippen LogP contribution < -0.4 is 0 Å². The maximum absolute atomic E-state index is 13.7. The predicted molar refractivity (Wildman–Crippen MR) is 113 cm³/mol. The Balaban J connectivity index is 1.43. The van der Waals surface area contributed by atoms with E-state index in [-0.39, 0.29) is 11.7 Å². The van der Waals surface area contributed by atoms with Crippen LogP contribution in [0.4, 0.5) is 4.39 Å². The van der Waals surface area contributed by atoms with Crippen molar-refractivity contribution >= 4 is 5.91 Å². The number of amides is 1. The van der Waals surface area contributed by atoms with E-state index in [9.17, 15) is 9.18 Å². The number of imidazole rings is 1. The van der Waals surface area contributed by atoms with Crippen LogP contribution in [0.2, 0.25) is 0 Å². The molecular formula is C24H31FN4O. The van der Waals surface area contributed by atoms with Gasteiger partial charge in [-0.1, -0.05) is 12.1 Å². The minimum absolute atomic E-state index is 0.0859. The molecule has 5 rings (SSSR count). The fraction of sp³-hybridized carbons (Fsp3) is 0.583. The molecule has 1 amide bonds. The molecule has 1 aromatic carbocycles. The molecule has 2 unspecified atom stereocenters. The molecule has 0 N–H and O–H groups in total. The SMILES string of the molecule is CC(C)n1cnc(C2CN(Cc3cccc(F)c3)CC23CCN(CC2CC2)C3=O)c1. The second kappa shape index (κ2) is 7.49. The van der Waals surface area contributed by atoms with Gasteiger partial charge in [0, 0.05) is 50.9 Å². The summed E-state index contributed by atoms with van der Waals surface area (Å²) in [6.07, 6.45) is 7.41. The number of hydrogen-bond acceptors (Lipinski definition) is 3. The fourth-order valence-electron chi connectivity index (χ4n) is 5.33. The Morgan fingerprint density at radius 2 is 2.13 bits per heavy atom. The van der Waals surface area contributed by atoms with Gasteiger partial charge in [0.25, 0.3) is 0 Å². The number of carbonyl (C=O) groups is 1. The molecule has 2 saturated heterocycles. The van der Waals surface area contributed by atoms with Crippen molar-refractivity contribution in [1.82, 2.24) is 19.4 Å². The van der Waals surface area contributed by atoms with Crippen molar-refractivity contribution in [3.63, 3.8) is 0 Å². The number of likely N-dealkylation sites (tertiary alicyclic amines) is 2. The van der Waals surface area contributed by atoms with Crippen molar-refractivity contribution in [3.8, 4) is 0 Å². The van der Waals surface area contributed by atoms with E-state index < -0.39 is 5.41 Å². The van der Waals surface area contributed by atoms with E-state index in [2.05, 4.69) is 34.4 Å². The van der Waals surface area contributed by atoms with Crippen LogP contribution in [0, 0.1) is 17.2 Å². The van der Waals surface area contributed by atoms with Gasteiger partial charge < -0.3 is 9.47 Å². The monoisotopic (exact) mass is 410 g/mol. The molecule has 3 heterocycles. The van der Waals surface area contributed by atoms with Crippen LogP contribution in [-0.2, 0) is 11.3 Å². The van der Waals surface area contributed by atoms with Gasteiger partial charge in [0.15, 0.2) is 0 Å². The Labute approximate surface area is 177 Å². The third kappa shape index (κ3) is 3.55. The molecule has 3 fully saturated rings. The van der Waals surface area contributed by atoms with Crippen LogP contribution in [0.3, 0.4) is 0 Å². The molecule has 0 radical (unpaired) electrons. The molecule has 5 nitrogen and oxygen atoms in total. The highest BCUT2D eigenvalue weighted by Crippen LogP contribution is 2.50. The summed E-state index contributed by atoms with van der Waals surface area (Å²) in [5.41, 5.74) is 1.57. The Kier molecular flexibility index (Phi) is 4.92. The molecule has 1 spiro atoms. The number of benzene rings is 1. The first kappa shape index (κ1) is 19.7. The van der Waals surface area contributed by atoms with E-state index in [4.69, 9.17) is 4.98 Å². The first-order valence-corrected chi connectivity index (χ1v) is 11.2. The average molecular weight is 411 g/mol. The molecular weight excluding hydrogens is 379 g/mol. The zero-order valence-electron chi connectivity index (χ0n) is 17.9. The summed E-state index contributed by atoms with van der Waals surface area (Å²) in [6, 6.07) is 7.15. The van der Waals surface area contributed by atoms with Gasteiger partial charge in [0.1, 0.15) is 5.82 Å². The van der Waals surface area contributed by atoms with Gasteiger partial charge in [-0.2, -0.15) is 0 Å². The topological polar surface area (TPSA) is 41.4 Å². The second-order valence-corrected chi connectivity index (χ2v) is 9.79. The number of aromatic nitrogens is 2. The molecule has 2 aromatic rings. The zero-order chi connectivity index (χ0) is 20.9. The molecule has 0 bridgehead atoms. The third-order valence-electron chi connectivity index (χ3n) is 7.20. The lowest BCUT2D eigenvalue weighted by Crippen LogP contribution is -2.40. The van der Waals surface area contributed by atoms with Crippen LogP contribution in [0.5, 0.6) is 0 Å². The van der Waals surface area contributed by atoms with E-state index in [1.54, 1.807) is 12.1 Å². The van der Waals surface area contributed by atoms with Crippen molar-refractivity contribution in [2.45, 2.75) is 51.6 Å². The Bertz CT molecular complexity index is 937. The third-order valence-corrected chi connectivity index (χ3v) is 7.20. The Morgan fingerprint density at radius 3 is 2.83 bits per heavy atom. The van der Waals surface area contributed by atoms with Crippen molar-refractivity contribution in [2.24, 2.45) is 11.3 Å². The summed E-state index contributed by atoms with van der Waals surface area (Å²) in [4.78, 5) is 22.8. The van der Waals surface area contributed by atoms with Gasteiger partial charge in [0.2, 0.25) is 5.91 Å². The van der Waals surface area contributed by atoms with Crippen LogP contribution in [0.25, 0.3) is 0 Å². The van der Waals surface area contributed by atoms with Gasteiger partial charge in [-0.15, -0.1) is 0 Å². The maximum Gasteiger partial charge on any atom is 0.230 e. The van der Waals surface area contributed by atoms with E-state index in [1.165, 1.54) is 18.9 Å². The van der Waals surface area contributed by atoms with Crippen LogP contribution >= 0.6 is 0 Å². The smallest absolute Gasteiger partial charge is 0.230 e. The van der Waals surface area contributed by atoms with E-state index >= 15 is 0 Å². The summed E-state index contributed by atoms with van der Waals surface area (Å²) in [5, 5.41) is 0. The minimum Gasteiger partial charge on any atom is -0.342 e. The first-order valence-electron chi connectivity index (χ1n) is 11.2. The lowest BCUT2D eigenvalue weighted by Gasteiger charge is -2.28. The highest BCUT2D eigenvalue weighted by molar-refractivity contribution is 5.87. The quantitative estimate of drug-likeness (QED) is 0.727. The molecule has 6 heteroatoms. The van der Waals surface area contributed by atoms with E-state index in [0.29, 0.717) is 24.4 Å². The van der Waals surface area contributed by atoms with Crippen LogP contribution in [0.15, 0.2) is 36.8 Å². The molecule has 1 saturated carbocycles. The van der Waals surface area contributed by atoms with Gasteiger partial charge in [-0.3, -0.25) is 9.69 Å². The van der Waals surface area contributed by atoms with E-state index in [1.807, 2.05) is 12.4 Å². The van der Waals surface area contributed by atoms with Crippen molar-refractivity contribution in [2.75, 3.05) is 26.2 Å². The van der Waals surface area contributed by atoms with Gasteiger partial charge in [-0.25, -0.2) is 9.37 Å². The fourth-order valence-corrected chi connectivity index (χ4v) is 5.33. The van der Waals surface area contributed by atoms with Crippen molar-refractivity contribution in [3.05, 3.63) is 53.9 Å². The summed E-state index contributed by atoms with van der Waals surface area (Å²) in [7, 11) is 0. The molecule has 160 valence electrons. The van der Waals surface area contributed by atoms with Gasteiger partial charge >= 0.3 is 0 Å². The Hall–Kier alpha value is -2.21. The second-order valence-electron chi connectivity index (χ2n) is 9.79. The molecule has 2 aliphatic heterocycles. The van der Waals surface area contributed by atoms with E-state index in [0.717, 1.165) is 43.9 Å². The molecule has 30 heavy (non-hydrogen) atoms. The van der Waals surface area contributed by atoms with Crippen molar-refractivity contribution in [1.29, 1.82) is 0 Å².